The van der Waals surface area contributed by atoms with Gasteiger partial charge < -0.3 is 10.1 Å². The summed E-state index contributed by atoms with van der Waals surface area (Å²) in [5.74, 6) is 0.261. The number of amides is 1. The van der Waals surface area contributed by atoms with E-state index < -0.39 is 11.5 Å². The minimum Gasteiger partial charge on any atom is -0.497 e. The number of rotatable bonds is 4. The lowest BCUT2D eigenvalue weighted by Crippen LogP contribution is -2.23. The molecule has 1 aromatic carbocycles. The van der Waals surface area contributed by atoms with E-state index in [9.17, 15) is 9.59 Å². The van der Waals surface area contributed by atoms with Crippen LogP contribution in [-0.4, -0.2) is 27.6 Å². The number of carbonyl (C=O) groups excluding carboxylic acids is 1. The van der Waals surface area contributed by atoms with Gasteiger partial charge >= 0.3 is 0 Å². The second kappa shape index (κ2) is 6.17. The van der Waals surface area contributed by atoms with Crippen LogP contribution in [0.25, 0.3) is 4.96 Å². The van der Waals surface area contributed by atoms with E-state index in [1.54, 1.807) is 31.4 Å². The normalized spacial score (nSPS) is 10.7. The molecule has 7 nitrogen and oxygen atoms in total. The summed E-state index contributed by atoms with van der Waals surface area (Å²) < 4.78 is 6.26. The molecule has 2 aromatic heterocycles. The van der Waals surface area contributed by atoms with Gasteiger partial charge in [-0.25, -0.2) is 4.98 Å². The number of nitrogens with one attached hydrogen (secondary N) is 1. The number of ether oxygens (including phenoxy) is 1. The van der Waals surface area contributed by atoms with Crippen molar-refractivity contribution < 1.29 is 9.53 Å². The molecule has 0 saturated heterocycles. The van der Waals surface area contributed by atoms with Crippen LogP contribution in [0.3, 0.4) is 0 Å². The van der Waals surface area contributed by atoms with Crippen LogP contribution >= 0.6 is 11.3 Å². The number of aromatic nitrogens is 3. The number of benzene rings is 1. The largest absolute Gasteiger partial charge is 0.497 e. The Morgan fingerprint density at radius 1 is 1.35 bits per heavy atom. The van der Waals surface area contributed by atoms with Crippen molar-refractivity contribution in [2.24, 2.45) is 0 Å². The Labute approximate surface area is 135 Å². The fourth-order valence-corrected chi connectivity index (χ4v) is 2.78. The minimum atomic E-state index is -0.396. The third-order valence-corrected chi connectivity index (χ3v) is 4.30. The highest BCUT2D eigenvalue weighted by molar-refractivity contribution is 7.16. The lowest BCUT2D eigenvalue weighted by molar-refractivity contribution is 0.102. The highest BCUT2D eigenvalue weighted by atomic mass is 32.1. The van der Waals surface area contributed by atoms with Crippen molar-refractivity contribution in [2.45, 2.75) is 13.3 Å². The number of nitrogens with zero attached hydrogens (tertiary/aromatic N) is 3. The molecule has 0 aliphatic carbocycles. The molecule has 0 spiro atoms. The van der Waals surface area contributed by atoms with Gasteiger partial charge in [-0.3, -0.25) is 9.59 Å². The van der Waals surface area contributed by atoms with Crippen molar-refractivity contribution in [1.29, 1.82) is 0 Å². The van der Waals surface area contributed by atoms with E-state index in [1.165, 1.54) is 22.0 Å². The van der Waals surface area contributed by atoms with E-state index in [-0.39, 0.29) is 5.69 Å². The molecular formula is C15H14N4O3S. The van der Waals surface area contributed by atoms with Crippen LogP contribution < -0.4 is 15.6 Å². The van der Waals surface area contributed by atoms with Gasteiger partial charge in [0.2, 0.25) is 4.96 Å². The zero-order valence-electron chi connectivity index (χ0n) is 12.6. The first kappa shape index (κ1) is 15.2. The molecule has 0 bridgehead atoms. The number of aryl methyl sites for hydroxylation is 1. The Morgan fingerprint density at radius 2 is 2.09 bits per heavy atom. The number of fused-ring (bicyclic) bond motifs is 1. The molecule has 23 heavy (non-hydrogen) atoms. The molecular weight excluding hydrogens is 316 g/mol. The van der Waals surface area contributed by atoms with Crippen LogP contribution in [0, 0.1) is 0 Å². The summed E-state index contributed by atoms with van der Waals surface area (Å²) in [5.41, 5.74) is 0.118. The Kier molecular flexibility index (Phi) is 4.07. The average Bonchev–Trinajstić information content (AvgIpc) is 3.01. The van der Waals surface area contributed by atoms with Crippen LogP contribution in [0.5, 0.6) is 5.75 Å². The van der Waals surface area contributed by atoms with E-state index >= 15 is 0 Å². The molecule has 0 saturated carbocycles. The summed E-state index contributed by atoms with van der Waals surface area (Å²) in [7, 11) is 1.55. The highest BCUT2D eigenvalue weighted by Crippen LogP contribution is 2.14. The summed E-state index contributed by atoms with van der Waals surface area (Å²) in [4.78, 5) is 29.3. The lowest BCUT2D eigenvalue weighted by Gasteiger charge is -2.05. The smallest absolute Gasteiger partial charge is 0.298 e. The summed E-state index contributed by atoms with van der Waals surface area (Å²) in [6.45, 7) is 1.95. The first-order chi connectivity index (χ1) is 11.1. The van der Waals surface area contributed by atoms with Crippen molar-refractivity contribution in [3.05, 3.63) is 51.4 Å². The Morgan fingerprint density at radius 3 is 2.74 bits per heavy atom. The lowest BCUT2D eigenvalue weighted by atomic mass is 10.2. The van der Waals surface area contributed by atoms with Gasteiger partial charge in [0, 0.05) is 5.56 Å². The van der Waals surface area contributed by atoms with Crippen LogP contribution in [0.1, 0.15) is 22.3 Å². The highest BCUT2D eigenvalue weighted by Gasteiger charge is 2.13. The van der Waals surface area contributed by atoms with Gasteiger partial charge in [-0.2, -0.15) is 9.61 Å². The van der Waals surface area contributed by atoms with Gasteiger partial charge in [-0.05, 0) is 30.7 Å². The first-order valence-electron chi connectivity index (χ1n) is 6.95. The van der Waals surface area contributed by atoms with Crippen molar-refractivity contribution in [3.63, 3.8) is 0 Å². The number of hydrogen-bond donors (Lipinski definition) is 1. The number of hydrogen-bond acceptors (Lipinski definition) is 6. The van der Waals surface area contributed by atoms with Gasteiger partial charge in [-0.1, -0.05) is 18.3 Å². The summed E-state index contributed by atoms with van der Waals surface area (Å²) in [6.07, 6.45) is 2.08. The maximum atomic E-state index is 12.4. The molecule has 1 N–H and O–H groups in total. The van der Waals surface area contributed by atoms with Gasteiger partial charge in [0.1, 0.15) is 16.4 Å². The maximum Gasteiger partial charge on any atom is 0.298 e. The Balaban J connectivity index is 1.89. The Hall–Kier alpha value is -2.74. The van der Waals surface area contributed by atoms with Gasteiger partial charge in [0.15, 0.2) is 0 Å². The third-order valence-electron chi connectivity index (χ3n) is 3.23. The van der Waals surface area contributed by atoms with Crippen molar-refractivity contribution in [3.8, 4) is 5.75 Å². The van der Waals surface area contributed by atoms with E-state index in [0.717, 1.165) is 11.4 Å². The summed E-state index contributed by atoms with van der Waals surface area (Å²) in [6, 6.07) is 6.60. The fraction of sp³-hybridized carbons (Fsp3) is 0.200. The summed E-state index contributed by atoms with van der Waals surface area (Å²) >= 11 is 1.35. The van der Waals surface area contributed by atoms with Crippen LogP contribution in [0.15, 0.2) is 35.3 Å². The number of anilines is 1. The second-order valence-electron chi connectivity index (χ2n) is 4.70. The van der Waals surface area contributed by atoms with E-state index in [4.69, 9.17) is 4.74 Å². The molecule has 3 rings (SSSR count). The molecule has 0 unspecified atom stereocenters. The zero-order chi connectivity index (χ0) is 16.4. The van der Waals surface area contributed by atoms with Gasteiger partial charge in [0.05, 0.1) is 13.3 Å². The van der Waals surface area contributed by atoms with Crippen molar-refractivity contribution in [1.82, 2.24) is 14.6 Å². The van der Waals surface area contributed by atoms with Crippen LogP contribution in [-0.2, 0) is 6.42 Å². The van der Waals surface area contributed by atoms with E-state index in [1.807, 2.05) is 6.92 Å². The average molecular weight is 330 g/mol. The molecule has 1 amide bonds. The van der Waals surface area contributed by atoms with Gasteiger partial charge in [-0.15, -0.1) is 0 Å². The monoisotopic (exact) mass is 330 g/mol. The molecule has 0 aliphatic rings. The molecule has 118 valence electrons. The van der Waals surface area contributed by atoms with Gasteiger partial charge in [0.25, 0.3) is 11.5 Å². The second-order valence-corrected chi connectivity index (χ2v) is 5.74. The number of methoxy groups -OCH3 is 1. The SMILES string of the molecule is CCc1nn2c(=O)c(NC(=O)c3ccc(OC)cc3)cnc2s1. The van der Waals surface area contributed by atoms with Crippen molar-refractivity contribution in [2.75, 3.05) is 12.4 Å². The summed E-state index contributed by atoms with van der Waals surface area (Å²) in [5, 5.41) is 7.57. The van der Waals surface area contributed by atoms with Crippen molar-refractivity contribution >= 4 is 27.9 Å². The fourth-order valence-electron chi connectivity index (χ4n) is 1.99. The standard InChI is InChI=1S/C15H14N4O3S/c1-3-12-18-19-14(21)11(8-16-15(19)23-12)17-13(20)9-4-6-10(22-2)7-5-9/h4-8H,3H2,1-2H3,(H,17,20). The topological polar surface area (TPSA) is 85.6 Å². The molecule has 0 atom stereocenters. The minimum absolute atomic E-state index is 0.0938. The molecule has 0 radical (unpaired) electrons. The predicted molar refractivity (Wildman–Crippen MR) is 87.5 cm³/mol. The zero-order valence-corrected chi connectivity index (χ0v) is 13.4. The Bertz CT molecular complexity index is 915. The first-order valence-corrected chi connectivity index (χ1v) is 7.77. The van der Waals surface area contributed by atoms with Crippen LogP contribution in [0.2, 0.25) is 0 Å². The molecule has 8 heteroatoms. The predicted octanol–water partition coefficient (Wildman–Crippen LogP) is 1.97. The quantitative estimate of drug-likeness (QED) is 0.790. The van der Waals surface area contributed by atoms with Crippen LogP contribution in [0.4, 0.5) is 5.69 Å². The molecule has 0 aliphatic heterocycles. The number of carbonyl (C=O) groups is 1. The van der Waals surface area contributed by atoms with E-state index in [0.29, 0.717) is 16.3 Å². The molecule has 3 aromatic rings. The molecule has 0 fully saturated rings. The van der Waals surface area contributed by atoms with E-state index in [2.05, 4.69) is 15.4 Å². The third kappa shape index (κ3) is 2.93. The molecule has 2 heterocycles. The maximum absolute atomic E-state index is 12.4.